The minimum atomic E-state index is 0.719. The van der Waals surface area contributed by atoms with Crippen LogP contribution in [0.4, 0.5) is 0 Å². The van der Waals surface area contributed by atoms with Crippen LogP contribution < -0.4 is 5.73 Å². The average molecular weight is 172 g/mol. The second-order valence-electron chi connectivity index (χ2n) is 2.97. The average Bonchev–Trinajstić information content (AvgIpc) is 2.03. The van der Waals surface area contributed by atoms with E-state index in [1.807, 2.05) is 18.7 Å². The Labute approximate surface area is 72.6 Å². The van der Waals surface area contributed by atoms with Gasteiger partial charge in [-0.05, 0) is 25.5 Å². The van der Waals surface area contributed by atoms with Crippen molar-refractivity contribution in [3.8, 4) is 0 Å². The minimum Gasteiger partial charge on any atom is -0.388 e. The van der Waals surface area contributed by atoms with Gasteiger partial charge in [-0.2, -0.15) is 11.8 Å². The highest BCUT2D eigenvalue weighted by molar-refractivity contribution is 7.99. The first-order chi connectivity index (χ1) is 5.29. The Bertz CT molecular complexity index is 135. The molecule has 0 saturated carbocycles. The standard InChI is InChI=1S/C8H16N2S/c1-7(9)10-6-8-4-2-3-5-11-8/h8H,2-6H2,1H3,(H2,9,10). The summed E-state index contributed by atoms with van der Waals surface area (Å²) in [6.07, 6.45) is 4.07. The minimum absolute atomic E-state index is 0.719. The van der Waals surface area contributed by atoms with Gasteiger partial charge >= 0.3 is 0 Å². The summed E-state index contributed by atoms with van der Waals surface area (Å²) in [7, 11) is 0. The molecule has 1 aliphatic heterocycles. The molecule has 1 rings (SSSR count). The van der Waals surface area contributed by atoms with E-state index in [0.29, 0.717) is 0 Å². The maximum atomic E-state index is 5.45. The fraction of sp³-hybridized carbons (Fsp3) is 0.875. The lowest BCUT2D eigenvalue weighted by Crippen LogP contribution is -2.15. The van der Waals surface area contributed by atoms with Crippen molar-refractivity contribution >= 4 is 17.6 Å². The lowest BCUT2D eigenvalue weighted by molar-refractivity contribution is 0.668. The van der Waals surface area contributed by atoms with Crippen LogP contribution in [-0.4, -0.2) is 23.4 Å². The van der Waals surface area contributed by atoms with Crippen LogP contribution in [0.2, 0.25) is 0 Å². The molecule has 3 heteroatoms. The molecule has 11 heavy (non-hydrogen) atoms. The molecule has 0 spiro atoms. The number of rotatable bonds is 2. The first-order valence-corrected chi connectivity index (χ1v) is 5.22. The molecule has 2 N–H and O–H groups in total. The van der Waals surface area contributed by atoms with E-state index < -0.39 is 0 Å². The third-order valence-electron chi connectivity index (χ3n) is 1.82. The van der Waals surface area contributed by atoms with E-state index in [1.165, 1.54) is 25.0 Å². The maximum absolute atomic E-state index is 5.45. The van der Waals surface area contributed by atoms with Gasteiger partial charge in [0.15, 0.2) is 0 Å². The molecule has 0 aromatic carbocycles. The summed E-state index contributed by atoms with van der Waals surface area (Å²) in [6, 6.07) is 0. The zero-order valence-electron chi connectivity index (χ0n) is 7.05. The molecule has 2 nitrogen and oxygen atoms in total. The number of hydrogen-bond donors (Lipinski definition) is 1. The molecule has 1 heterocycles. The van der Waals surface area contributed by atoms with Gasteiger partial charge in [0.25, 0.3) is 0 Å². The van der Waals surface area contributed by atoms with Gasteiger partial charge in [-0.3, -0.25) is 4.99 Å². The summed E-state index contributed by atoms with van der Waals surface area (Å²) in [4.78, 5) is 4.22. The Morgan fingerprint density at radius 2 is 2.45 bits per heavy atom. The van der Waals surface area contributed by atoms with Gasteiger partial charge in [0.05, 0.1) is 12.4 Å². The van der Waals surface area contributed by atoms with E-state index in [1.54, 1.807) is 0 Å². The SMILES string of the molecule is CC(N)=NCC1CCCCS1. The molecule has 1 fully saturated rings. The lowest BCUT2D eigenvalue weighted by Gasteiger charge is -2.18. The van der Waals surface area contributed by atoms with Gasteiger partial charge in [-0.1, -0.05) is 6.42 Å². The number of nitrogens with two attached hydrogens (primary N) is 1. The Hall–Kier alpha value is -0.180. The van der Waals surface area contributed by atoms with E-state index in [-0.39, 0.29) is 0 Å². The Morgan fingerprint density at radius 1 is 1.64 bits per heavy atom. The number of aliphatic imine (C=N–C) groups is 1. The Morgan fingerprint density at radius 3 is 3.00 bits per heavy atom. The van der Waals surface area contributed by atoms with Crippen molar-refractivity contribution in [1.29, 1.82) is 0 Å². The van der Waals surface area contributed by atoms with Crippen LogP contribution in [0.5, 0.6) is 0 Å². The monoisotopic (exact) mass is 172 g/mol. The highest BCUT2D eigenvalue weighted by Gasteiger charge is 2.12. The number of nitrogens with zero attached hydrogens (tertiary/aromatic N) is 1. The van der Waals surface area contributed by atoms with E-state index in [0.717, 1.165) is 17.6 Å². The predicted octanol–water partition coefficient (Wildman–Crippen LogP) is 1.65. The maximum Gasteiger partial charge on any atom is 0.0906 e. The van der Waals surface area contributed by atoms with Crippen molar-refractivity contribution in [3.63, 3.8) is 0 Å². The molecule has 0 aromatic rings. The zero-order chi connectivity index (χ0) is 8.10. The van der Waals surface area contributed by atoms with E-state index in [9.17, 15) is 0 Å². The highest BCUT2D eigenvalue weighted by Crippen LogP contribution is 2.24. The molecule has 0 aliphatic carbocycles. The van der Waals surface area contributed by atoms with Crippen LogP contribution in [0.25, 0.3) is 0 Å². The molecule has 0 radical (unpaired) electrons. The van der Waals surface area contributed by atoms with Gasteiger partial charge in [-0.25, -0.2) is 0 Å². The van der Waals surface area contributed by atoms with E-state index in [2.05, 4.69) is 4.99 Å². The van der Waals surface area contributed by atoms with Crippen LogP contribution in [-0.2, 0) is 0 Å². The molecule has 0 bridgehead atoms. The molecule has 1 aliphatic rings. The molecule has 0 amide bonds. The van der Waals surface area contributed by atoms with Crippen molar-refractivity contribution in [3.05, 3.63) is 0 Å². The molecule has 1 saturated heterocycles. The smallest absolute Gasteiger partial charge is 0.0906 e. The fourth-order valence-corrected chi connectivity index (χ4v) is 2.41. The molecule has 0 aromatic heterocycles. The van der Waals surface area contributed by atoms with E-state index in [4.69, 9.17) is 5.73 Å². The van der Waals surface area contributed by atoms with Crippen LogP contribution in [0, 0.1) is 0 Å². The Kier molecular flexibility index (Phi) is 3.77. The van der Waals surface area contributed by atoms with Gasteiger partial charge in [0, 0.05) is 5.25 Å². The molecular formula is C8H16N2S. The summed E-state index contributed by atoms with van der Waals surface area (Å²) in [5.41, 5.74) is 5.45. The lowest BCUT2D eigenvalue weighted by atomic mass is 10.2. The second-order valence-corrected chi connectivity index (χ2v) is 4.38. The van der Waals surface area contributed by atoms with E-state index >= 15 is 0 Å². The van der Waals surface area contributed by atoms with Crippen LogP contribution >= 0.6 is 11.8 Å². The summed E-state index contributed by atoms with van der Waals surface area (Å²) in [5, 5.41) is 0.738. The summed E-state index contributed by atoms with van der Waals surface area (Å²) >= 11 is 2.04. The van der Waals surface area contributed by atoms with Gasteiger partial charge in [0.1, 0.15) is 0 Å². The van der Waals surface area contributed by atoms with Crippen molar-refractivity contribution in [2.75, 3.05) is 12.3 Å². The third-order valence-corrected chi connectivity index (χ3v) is 3.20. The number of thioether (sulfide) groups is 1. The molecule has 64 valence electrons. The largest absolute Gasteiger partial charge is 0.388 e. The van der Waals surface area contributed by atoms with Crippen molar-refractivity contribution < 1.29 is 0 Å². The second kappa shape index (κ2) is 4.65. The van der Waals surface area contributed by atoms with Crippen molar-refractivity contribution in [2.45, 2.75) is 31.4 Å². The fourth-order valence-electron chi connectivity index (χ4n) is 1.20. The first kappa shape index (κ1) is 8.91. The zero-order valence-corrected chi connectivity index (χ0v) is 7.86. The normalized spacial score (nSPS) is 27.0. The topological polar surface area (TPSA) is 38.4 Å². The van der Waals surface area contributed by atoms with Gasteiger partial charge in [0.2, 0.25) is 0 Å². The molecular weight excluding hydrogens is 156 g/mol. The summed E-state index contributed by atoms with van der Waals surface area (Å²) < 4.78 is 0. The Balaban J connectivity index is 2.19. The summed E-state index contributed by atoms with van der Waals surface area (Å²) in [6.45, 7) is 2.78. The number of amidine groups is 1. The summed E-state index contributed by atoms with van der Waals surface area (Å²) in [5.74, 6) is 2.03. The number of hydrogen-bond acceptors (Lipinski definition) is 2. The van der Waals surface area contributed by atoms with Gasteiger partial charge in [-0.15, -0.1) is 0 Å². The van der Waals surface area contributed by atoms with Crippen LogP contribution in [0.15, 0.2) is 4.99 Å². The first-order valence-electron chi connectivity index (χ1n) is 4.17. The quantitative estimate of drug-likeness (QED) is 0.508. The highest BCUT2D eigenvalue weighted by atomic mass is 32.2. The predicted molar refractivity (Wildman–Crippen MR) is 52.3 cm³/mol. The van der Waals surface area contributed by atoms with Crippen molar-refractivity contribution in [1.82, 2.24) is 0 Å². The molecule has 1 unspecified atom stereocenters. The van der Waals surface area contributed by atoms with Gasteiger partial charge < -0.3 is 5.73 Å². The van der Waals surface area contributed by atoms with Crippen molar-refractivity contribution in [2.24, 2.45) is 10.7 Å². The third kappa shape index (κ3) is 3.65. The molecule has 1 atom stereocenters. The van der Waals surface area contributed by atoms with Crippen LogP contribution in [0.3, 0.4) is 0 Å². The van der Waals surface area contributed by atoms with Crippen LogP contribution in [0.1, 0.15) is 26.2 Å².